The second-order valence-electron chi connectivity index (χ2n) is 7.79. The molecule has 1 aliphatic heterocycles. The molecule has 1 aromatic rings. The Morgan fingerprint density at radius 1 is 1.38 bits per heavy atom. The Morgan fingerprint density at radius 3 is 2.62 bits per heavy atom. The molecular weight excluding hydrogens is 287 g/mol. The molecule has 1 saturated heterocycles. The van der Waals surface area contributed by atoms with Gasteiger partial charge in [-0.25, -0.2) is 4.39 Å². The molecule has 2 nitrogen and oxygen atoms in total. The summed E-state index contributed by atoms with van der Waals surface area (Å²) in [4.78, 5) is 2.47. The van der Waals surface area contributed by atoms with Gasteiger partial charge >= 0.3 is 0 Å². The molecule has 21 heavy (non-hydrogen) atoms. The fraction of sp³-hybridized carbons (Fsp3) is 0.647. The summed E-state index contributed by atoms with van der Waals surface area (Å²) >= 11 is 6.20. The van der Waals surface area contributed by atoms with Gasteiger partial charge in [0.25, 0.3) is 0 Å². The molecule has 0 radical (unpaired) electrons. The van der Waals surface area contributed by atoms with Gasteiger partial charge in [0.15, 0.2) is 0 Å². The van der Waals surface area contributed by atoms with Gasteiger partial charge in [-0.2, -0.15) is 0 Å². The number of rotatable bonds is 2. The average Bonchev–Trinajstić information content (AvgIpc) is 2.30. The largest absolute Gasteiger partial charge is 0.309 e. The van der Waals surface area contributed by atoms with Crippen molar-refractivity contribution in [2.24, 2.45) is 5.41 Å². The van der Waals surface area contributed by atoms with Gasteiger partial charge in [0.2, 0.25) is 0 Å². The first-order valence-corrected chi connectivity index (χ1v) is 7.89. The predicted octanol–water partition coefficient (Wildman–Crippen LogP) is 4.08. The van der Waals surface area contributed by atoms with E-state index in [1.54, 1.807) is 6.07 Å². The Balaban J connectivity index is 2.24. The fourth-order valence-electron chi connectivity index (χ4n) is 3.06. The Hall–Kier alpha value is -0.640. The standard InChI is InChI=1S/C17H26ClFN2/c1-16(2,3)15-9-20-17(4,5)11-21(15)10-12-6-7-13(19)8-14(12)18/h6-8,15,20H,9-11H2,1-5H3. The summed E-state index contributed by atoms with van der Waals surface area (Å²) in [6.45, 7) is 13.9. The van der Waals surface area contributed by atoms with Crippen LogP contribution in [0, 0.1) is 11.2 Å². The lowest BCUT2D eigenvalue weighted by atomic mass is 9.82. The van der Waals surface area contributed by atoms with Gasteiger partial charge in [0.1, 0.15) is 5.82 Å². The molecule has 1 heterocycles. The zero-order valence-corrected chi connectivity index (χ0v) is 14.4. The van der Waals surface area contributed by atoms with Crippen LogP contribution >= 0.6 is 11.6 Å². The number of hydrogen-bond donors (Lipinski definition) is 1. The van der Waals surface area contributed by atoms with Crippen molar-refractivity contribution in [3.8, 4) is 0 Å². The maximum atomic E-state index is 13.2. The minimum absolute atomic E-state index is 0.0776. The van der Waals surface area contributed by atoms with Crippen molar-refractivity contribution in [3.05, 3.63) is 34.6 Å². The van der Waals surface area contributed by atoms with Gasteiger partial charge < -0.3 is 5.32 Å². The Labute approximate surface area is 132 Å². The van der Waals surface area contributed by atoms with E-state index in [0.29, 0.717) is 11.1 Å². The van der Waals surface area contributed by atoms with E-state index in [4.69, 9.17) is 11.6 Å². The van der Waals surface area contributed by atoms with Gasteiger partial charge in [0, 0.05) is 36.2 Å². The van der Waals surface area contributed by atoms with Gasteiger partial charge in [-0.15, -0.1) is 0 Å². The van der Waals surface area contributed by atoms with Crippen molar-refractivity contribution in [1.82, 2.24) is 10.2 Å². The number of piperazine rings is 1. The van der Waals surface area contributed by atoms with Crippen LogP contribution < -0.4 is 5.32 Å². The van der Waals surface area contributed by atoms with Crippen LogP contribution in [0.1, 0.15) is 40.2 Å². The lowest BCUT2D eigenvalue weighted by molar-refractivity contribution is 0.0272. The summed E-state index contributed by atoms with van der Waals surface area (Å²) in [7, 11) is 0. The van der Waals surface area contributed by atoms with E-state index < -0.39 is 0 Å². The van der Waals surface area contributed by atoms with Crippen molar-refractivity contribution in [2.75, 3.05) is 13.1 Å². The van der Waals surface area contributed by atoms with Crippen LogP contribution in [0.2, 0.25) is 5.02 Å². The van der Waals surface area contributed by atoms with E-state index >= 15 is 0 Å². The predicted molar refractivity (Wildman–Crippen MR) is 87.1 cm³/mol. The van der Waals surface area contributed by atoms with Crippen LogP contribution in [0.3, 0.4) is 0 Å². The van der Waals surface area contributed by atoms with Crippen LogP contribution in [0.15, 0.2) is 18.2 Å². The summed E-state index contributed by atoms with van der Waals surface area (Å²) in [5.41, 5.74) is 1.24. The molecule has 1 atom stereocenters. The fourth-order valence-corrected chi connectivity index (χ4v) is 3.29. The van der Waals surface area contributed by atoms with Crippen LogP contribution in [0.5, 0.6) is 0 Å². The number of hydrogen-bond acceptors (Lipinski definition) is 2. The summed E-state index contributed by atoms with van der Waals surface area (Å²) in [6.07, 6.45) is 0. The molecule has 118 valence electrons. The van der Waals surface area contributed by atoms with Gasteiger partial charge in [-0.05, 0) is 37.0 Å². The third kappa shape index (κ3) is 4.18. The molecule has 0 bridgehead atoms. The quantitative estimate of drug-likeness (QED) is 0.885. The molecule has 0 spiro atoms. The topological polar surface area (TPSA) is 15.3 Å². The van der Waals surface area contributed by atoms with Gasteiger partial charge in [-0.1, -0.05) is 38.4 Å². The molecular formula is C17H26ClFN2. The molecule has 0 aliphatic carbocycles. The maximum Gasteiger partial charge on any atom is 0.124 e. The Morgan fingerprint density at radius 2 is 2.05 bits per heavy atom. The highest BCUT2D eigenvalue weighted by Crippen LogP contribution is 2.31. The van der Waals surface area contributed by atoms with Crippen molar-refractivity contribution >= 4 is 11.6 Å². The highest BCUT2D eigenvalue weighted by Gasteiger charge is 2.38. The Kier molecular flexibility index (Phi) is 4.67. The molecule has 1 unspecified atom stereocenters. The Bertz CT molecular complexity index is 508. The second-order valence-corrected chi connectivity index (χ2v) is 8.19. The van der Waals surface area contributed by atoms with Gasteiger partial charge in [-0.3, -0.25) is 4.90 Å². The van der Waals surface area contributed by atoms with Crippen molar-refractivity contribution < 1.29 is 4.39 Å². The number of halogens is 2. The first-order valence-electron chi connectivity index (χ1n) is 7.51. The normalized spacial score (nSPS) is 23.3. The zero-order chi connectivity index (χ0) is 15.8. The minimum atomic E-state index is -0.281. The number of nitrogens with one attached hydrogen (secondary N) is 1. The molecule has 0 aromatic heterocycles. The SMILES string of the molecule is CC1(C)CN(Cc2ccc(F)cc2Cl)C(C(C)(C)C)CN1. The van der Waals surface area contributed by atoms with E-state index in [1.165, 1.54) is 12.1 Å². The molecule has 0 saturated carbocycles. The highest BCUT2D eigenvalue weighted by atomic mass is 35.5. The third-order valence-electron chi connectivity index (χ3n) is 4.20. The summed E-state index contributed by atoms with van der Waals surface area (Å²) in [6, 6.07) is 5.11. The summed E-state index contributed by atoms with van der Waals surface area (Å²) in [5, 5.41) is 4.13. The van der Waals surface area contributed by atoms with Crippen molar-refractivity contribution in [2.45, 2.75) is 52.7 Å². The van der Waals surface area contributed by atoms with Crippen LogP contribution in [-0.2, 0) is 6.54 Å². The average molecular weight is 313 g/mol. The molecule has 0 amide bonds. The third-order valence-corrected chi connectivity index (χ3v) is 4.55. The van der Waals surface area contributed by atoms with Crippen molar-refractivity contribution in [3.63, 3.8) is 0 Å². The highest BCUT2D eigenvalue weighted by molar-refractivity contribution is 6.31. The van der Waals surface area contributed by atoms with E-state index in [1.807, 2.05) is 0 Å². The number of nitrogens with zero attached hydrogens (tertiary/aromatic N) is 1. The van der Waals surface area contributed by atoms with E-state index in [0.717, 1.165) is 25.2 Å². The first-order chi connectivity index (χ1) is 9.58. The van der Waals surface area contributed by atoms with Crippen LogP contribution in [0.4, 0.5) is 4.39 Å². The number of benzene rings is 1. The zero-order valence-electron chi connectivity index (χ0n) is 13.6. The second kappa shape index (κ2) is 5.86. The van der Waals surface area contributed by atoms with Gasteiger partial charge in [0.05, 0.1) is 0 Å². The summed E-state index contributed by atoms with van der Waals surface area (Å²) in [5.74, 6) is -0.281. The molecule has 1 aliphatic rings. The van der Waals surface area contributed by atoms with E-state index in [9.17, 15) is 4.39 Å². The molecule has 4 heteroatoms. The monoisotopic (exact) mass is 312 g/mol. The smallest absolute Gasteiger partial charge is 0.124 e. The van der Waals surface area contributed by atoms with E-state index in [-0.39, 0.29) is 16.8 Å². The minimum Gasteiger partial charge on any atom is -0.309 e. The summed E-state index contributed by atoms with van der Waals surface area (Å²) < 4.78 is 13.2. The maximum absolute atomic E-state index is 13.2. The molecule has 1 aromatic carbocycles. The first kappa shape index (κ1) is 16.7. The van der Waals surface area contributed by atoms with E-state index in [2.05, 4.69) is 44.8 Å². The molecule has 2 rings (SSSR count). The lowest BCUT2D eigenvalue weighted by Crippen LogP contribution is -2.64. The lowest BCUT2D eigenvalue weighted by Gasteiger charge is -2.49. The van der Waals surface area contributed by atoms with Crippen LogP contribution in [0.25, 0.3) is 0 Å². The van der Waals surface area contributed by atoms with Crippen LogP contribution in [-0.4, -0.2) is 29.6 Å². The van der Waals surface area contributed by atoms with Crippen molar-refractivity contribution in [1.29, 1.82) is 0 Å². The molecule has 1 N–H and O–H groups in total. The molecule has 1 fully saturated rings.